The lowest BCUT2D eigenvalue weighted by Gasteiger charge is -2.31. The number of carbonyl (C=O) groups is 3. The van der Waals surface area contributed by atoms with Gasteiger partial charge in [0.1, 0.15) is 24.4 Å². The Morgan fingerprint density at radius 1 is 1.27 bits per heavy atom. The van der Waals surface area contributed by atoms with Crippen LogP contribution in [0.1, 0.15) is 41.0 Å². The highest BCUT2D eigenvalue weighted by Gasteiger charge is 2.58. The van der Waals surface area contributed by atoms with E-state index in [0.717, 1.165) is 0 Å². The van der Waals surface area contributed by atoms with E-state index in [0.29, 0.717) is 17.6 Å². The summed E-state index contributed by atoms with van der Waals surface area (Å²) in [4.78, 5) is 36.4. The molecule has 0 spiro atoms. The van der Waals surface area contributed by atoms with Gasteiger partial charge < -0.3 is 24.1 Å². The lowest BCUT2D eigenvalue weighted by molar-refractivity contribution is -0.160. The van der Waals surface area contributed by atoms with Crippen LogP contribution in [0.5, 0.6) is 0 Å². The van der Waals surface area contributed by atoms with Crippen LogP contribution in [0.15, 0.2) is 35.5 Å². The second kappa shape index (κ2) is 8.00. The average Bonchev–Trinajstić information content (AvgIpc) is 3.18. The smallest absolute Gasteiger partial charge is 0.341 e. The first-order valence-corrected chi connectivity index (χ1v) is 9.94. The zero-order chi connectivity index (χ0) is 22.4. The van der Waals surface area contributed by atoms with Crippen LogP contribution in [0, 0.1) is 5.92 Å². The molecule has 0 aromatic heterocycles. The van der Waals surface area contributed by atoms with Gasteiger partial charge in [-0.05, 0) is 44.9 Å². The Bertz CT molecular complexity index is 840. The van der Waals surface area contributed by atoms with Gasteiger partial charge in [-0.3, -0.25) is 4.79 Å². The van der Waals surface area contributed by atoms with Crippen molar-refractivity contribution in [1.82, 2.24) is 0 Å². The van der Waals surface area contributed by atoms with Crippen LogP contribution in [-0.4, -0.2) is 59.1 Å². The summed E-state index contributed by atoms with van der Waals surface area (Å²) < 4.78 is 21.8. The summed E-state index contributed by atoms with van der Waals surface area (Å²) in [7, 11) is 0. The number of fused-ring (bicyclic) bond motifs is 1. The first-order valence-electron chi connectivity index (χ1n) is 9.94. The van der Waals surface area contributed by atoms with E-state index in [4.69, 9.17) is 18.9 Å². The Hall–Kier alpha value is -2.45. The number of hydrogen-bond acceptors (Lipinski definition) is 8. The van der Waals surface area contributed by atoms with Crippen molar-refractivity contribution in [2.24, 2.45) is 5.92 Å². The van der Waals surface area contributed by atoms with Crippen molar-refractivity contribution in [1.29, 1.82) is 0 Å². The number of aliphatic hydroxyl groups is 1. The highest BCUT2D eigenvalue weighted by Crippen LogP contribution is 2.40. The van der Waals surface area contributed by atoms with Gasteiger partial charge in [-0.2, -0.15) is 0 Å². The van der Waals surface area contributed by atoms with E-state index in [1.165, 1.54) is 6.92 Å². The maximum atomic E-state index is 12.7. The van der Waals surface area contributed by atoms with Crippen LogP contribution >= 0.6 is 0 Å². The van der Waals surface area contributed by atoms with Gasteiger partial charge in [0.15, 0.2) is 5.60 Å². The van der Waals surface area contributed by atoms with E-state index in [-0.39, 0.29) is 11.7 Å². The summed E-state index contributed by atoms with van der Waals surface area (Å²) in [5.41, 5.74) is 0.273. The Labute approximate surface area is 175 Å². The molecule has 8 heteroatoms. The molecule has 0 radical (unpaired) electrons. The zero-order valence-electron chi connectivity index (χ0n) is 17.8. The molecule has 164 valence electrons. The Kier molecular flexibility index (Phi) is 5.93. The van der Waals surface area contributed by atoms with Gasteiger partial charge in [0.05, 0.1) is 12.0 Å². The van der Waals surface area contributed by atoms with Crippen LogP contribution in [-0.2, 0) is 33.3 Å². The number of hydrogen-bond donors (Lipinski definition) is 1. The fourth-order valence-corrected chi connectivity index (χ4v) is 3.85. The number of esters is 3. The lowest BCUT2D eigenvalue weighted by Crippen LogP contribution is -2.44. The zero-order valence-corrected chi connectivity index (χ0v) is 17.8. The molecule has 2 heterocycles. The van der Waals surface area contributed by atoms with Gasteiger partial charge in [0, 0.05) is 18.9 Å². The van der Waals surface area contributed by atoms with E-state index < -0.39 is 53.8 Å². The van der Waals surface area contributed by atoms with Crippen molar-refractivity contribution in [2.75, 3.05) is 0 Å². The molecule has 0 saturated carbocycles. The molecular formula is C22H28O8. The summed E-state index contributed by atoms with van der Waals surface area (Å²) in [6, 6.07) is 0. The van der Waals surface area contributed by atoms with Gasteiger partial charge >= 0.3 is 17.9 Å². The molecule has 7 atom stereocenters. The summed E-state index contributed by atoms with van der Waals surface area (Å²) >= 11 is 0. The molecule has 0 aromatic carbocycles. The molecule has 8 nitrogen and oxygen atoms in total. The van der Waals surface area contributed by atoms with Crippen LogP contribution < -0.4 is 0 Å². The van der Waals surface area contributed by atoms with Gasteiger partial charge in [-0.15, -0.1) is 0 Å². The van der Waals surface area contributed by atoms with Crippen LogP contribution in [0.25, 0.3) is 0 Å². The van der Waals surface area contributed by atoms with E-state index in [1.807, 2.05) is 0 Å². The van der Waals surface area contributed by atoms with E-state index in [2.05, 4.69) is 6.58 Å². The topological polar surface area (TPSA) is 112 Å². The Morgan fingerprint density at radius 3 is 2.47 bits per heavy atom. The third-order valence-corrected chi connectivity index (χ3v) is 6.07. The molecule has 1 aliphatic carbocycles. The average molecular weight is 420 g/mol. The lowest BCUT2D eigenvalue weighted by atomic mass is 9.83. The van der Waals surface area contributed by atoms with Crippen LogP contribution in [0.2, 0.25) is 0 Å². The number of carbonyl (C=O) groups excluding carboxylic acids is 3. The molecule has 7 unspecified atom stereocenters. The molecule has 0 aromatic rings. The highest BCUT2D eigenvalue weighted by atomic mass is 16.7. The van der Waals surface area contributed by atoms with Gasteiger partial charge in [-0.1, -0.05) is 12.7 Å². The van der Waals surface area contributed by atoms with E-state index in [1.54, 1.807) is 39.8 Å². The second-order valence-electron chi connectivity index (χ2n) is 8.30. The molecule has 3 rings (SSSR count). The van der Waals surface area contributed by atoms with Crippen molar-refractivity contribution in [3.8, 4) is 0 Å². The number of epoxide rings is 1. The second-order valence-corrected chi connectivity index (χ2v) is 8.30. The molecule has 30 heavy (non-hydrogen) atoms. The standard InChI is InChI=1S/C22H28O8/c1-10-7-8-15(27-14(5)23)11(2)9-16-17(12(3)20(25)28-16)18(24)19(10)29-21(26)22(6)13(4)30-22/h7,9,13,15-19,24H,3,8H2,1-2,4-6H3/b10-7+,11-9+. The summed E-state index contributed by atoms with van der Waals surface area (Å²) in [6.07, 6.45) is -0.284. The highest BCUT2D eigenvalue weighted by molar-refractivity contribution is 5.91. The van der Waals surface area contributed by atoms with Gasteiger partial charge in [0.25, 0.3) is 0 Å². The number of rotatable bonds is 3. The fraction of sp³-hybridized carbons (Fsp3) is 0.591. The Balaban J connectivity index is 1.98. The van der Waals surface area contributed by atoms with Crippen molar-refractivity contribution in [2.45, 2.75) is 77.2 Å². The third kappa shape index (κ3) is 4.06. The van der Waals surface area contributed by atoms with Crippen molar-refractivity contribution < 1.29 is 38.4 Å². The van der Waals surface area contributed by atoms with E-state index >= 15 is 0 Å². The predicted octanol–water partition coefficient (Wildman–Crippen LogP) is 1.76. The molecule has 2 aliphatic heterocycles. The minimum atomic E-state index is -1.26. The summed E-state index contributed by atoms with van der Waals surface area (Å²) in [6.45, 7) is 11.9. The first-order chi connectivity index (χ1) is 14.0. The molecule has 2 fully saturated rings. The minimum absolute atomic E-state index is 0.0947. The quantitative estimate of drug-likeness (QED) is 0.242. The number of aliphatic hydroxyl groups excluding tert-OH is 1. The fourth-order valence-electron chi connectivity index (χ4n) is 3.85. The molecule has 2 saturated heterocycles. The molecular weight excluding hydrogens is 392 g/mol. The molecule has 3 aliphatic rings. The number of ether oxygens (including phenoxy) is 4. The molecule has 0 amide bonds. The van der Waals surface area contributed by atoms with Crippen LogP contribution in [0.3, 0.4) is 0 Å². The SMILES string of the molecule is C=C1C(=O)OC2/C=C(\C)C(OC(C)=O)C/C=C(\C)C(OC(=O)C3(C)OC3C)C(O)C12. The maximum absolute atomic E-state index is 12.7. The van der Waals surface area contributed by atoms with Crippen molar-refractivity contribution in [3.05, 3.63) is 35.5 Å². The first kappa shape index (κ1) is 22.2. The maximum Gasteiger partial charge on any atom is 0.341 e. The third-order valence-electron chi connectivity index (χ3n) is 6.07. The summed E-state index contributed by atoms with van der Waals surface area (Å²) in [5.74, 6) is -2.50. The largest absolute Gasteiger partial charge is 0.458 e. The van der Waals surface area contributed by atoms with Gasteiger partial charge in [0.2, 0.25) is 0 Å². The Morgan fingerprint density at radius 2 is 1.90 bits per heavy atom. The predicted molar refractivity (Wildman–Crippen MR) is 105 cm³/mol. The van der Waals surface area contributed by atoms with Crippen molar-refractivity contribution >= 4 is 17.9 Å². The molecule has 1 N–H and O–H groups in total. The normalized spacial score (nSPS) is 42.1. The van der Waals surface area contributed by atoms with Crippen LogP contribution in [0.4, 0.5) is 0 Å². The summed E-state index contributed by atoms with van der Waals surface area (Å²) in [5, 5.41) is 11.2. The molecule has 0 bridgehead atoms. The van der Waals surface area contributed by atoms with Crippen molar-refractivity contribution in [3.63, 3.8) is 0 Å². The monoisotopic (exact) mass is 420 g/mol. The minimum Gasteiger partial charge on any atom is -0.458 e. The van der Waals surface area contributed by atoms with E-state index in [9.17, 15) is 19.5 Å². The van der Waals surface area contributed by atoms with Gasteiger partial charge in [-0.25, -0.2) is 9.59 Å².